The van der Waals surface area contributed by atoms with Crippen molar-refractivity contribution in [3.8, 4) is 0 Å². The van der Waals surface area contributed by atoms with Gasteiger partial charge in [0.05, 0.1) is 10.6 Å². The number of carbonyl (C=O) groups excluding carboxylic acids is 2. The minimum Gasteiger partial charge on any atom is -0.342 e. The van der Waals surface area contributed by atoms with Crippen LogP contribution in [0, 0.1) is 5.92 Å². The van der Waals surface area contributed by atoms with Crippen LogP contribution in [0.15, 0.2) is 24.3 Å². The summed E-state index contributed by atoms with van der Waals surface area (Å²) in [5.74, 6) is 0.257. The molecule has 1 fully saturated rings. The van der Waals surface area contributed by atoms with Gasteiger partial charge >= 0.3 is 0 Å². The van der Waals surface area contributed by atoms with E-state index in [0.717, 1.165) is 38.8 Å². The summed E-state index contributed by atoms with van der Waals surface area (Å²) in [7, 11) is 0. The Morgan fingerprint density at radius 2 is 1.71 bits per heavy atom. The minimum atomic E-state index is -0.0366. The van der Waals surface area contributed by atoms with Gasteiger partial charge < -0.3 is 9.80 Å². The largest absolute Gasteiger partial charge is 0.342 e. The van der Waals surface area contributed by atoms with Crippen molar-refractivity contribution in [2.75, 3.05) is 26.2 Å². The van der Waals surface area contributed by atoms with Crippen LogP contribution in [-0.2, 0) is 4.79 Å². The molecule has 0 radical (unpaired) electrons. The van der Waals surface area contributed by atoms with Crippen molar-refractivity contribution in [2.24, 2.45) is 5.92 Å². The standard InChI is InChI=1S/C19H27ClN2O2/c1-3-11-21(12-4-2)18(23)15-9-13-22(14-10-15)19(24)16-7-5-6-8-17(16)20/h5-8,15H,3-4,9-14H2,1-2H3. The van der Waals surface area contributed by atoms with Crippen LogP contribution in [0.4, 0.5) is 0 Å². The van der Waals surface area contributed by atoms with Crippen molar-refractivity contribution in [1.82, 2.24) is 9.80 Å². The highest BCUT2D eigenvalue weighted by Crippen LogP contribution is 2.24. The van der Waals surface area contributed by atoms with Gasteiger partial charge in [-0.3, -0.25) is 9.59 Å². The number of halogens is 1. The highest BCUT2D eigenvalue weighted by molar-refractivity contribution is 6.33. The lowest BCUT2D eigenvalue weighted by molar-refractivity contribution is -0.137. The van der Waals surface area contributed by atoms with E-state index in [1.54, 1.807) is 12.1 Å². The Balaban J connectivity index is 1.94. The van der Waals surface area contributed by atoms with Crippen LogP contribution in [0.1, 0.15) is 49.9 Å². The molecule has 132 valence electrons. The molecule has 2 amide bonds. The number of likely N-dealkylation sites (tertiary alicyclic amines) is 1. The average Bonchev–Trinajstić information content (AvgIpc) is 2.61. The Kier molecular flexibility index (Phi) is 7.10. The Morgan fingerprint density at radius 1 is 1.12 bits per heavy atom. The fraction of sp³-hybridized carbons (Fsp3) is 0.579. The summed E-state index contributed by atoms with van der Waals surface area (Å²) in [6.07, 6.45) is 3.43. The van der Waals surface area contributed by atoms with Gasteiger partial charge in [0.25, 0.3) is 5.91 Å². The molecule has 1 aromatic rings. The van der Waals surface area contributed by atoms with Crippen molar-refractivity contribution in [1.29, 1.82) is 0 Å². The SMILES string of the molecule is CCCN(CCC)C(=O)C1CCN(C(=O)c2ccccc2Cl)CC1. The number of hydrogen-bond acceptors (Lipinski definition) is 2. The maximum absolute atomic E-state index is 12.7. The summed E-state index contributed by atoms with van der Waals surface area (Å²) < 4.78 is 0. The molecule has 1 aromatic carbocycles. The quantitative estimate of drug-likeness (QED) is 0.782. The summed E-state index contributed by atoms with van der Waals surface area (Å²) >= 11 is 6.12. The van der Waals surface area contributed by atoms with E-state index in [9.17, 15) is 9.59 Å². The second-order valence-electron chi connectivity index (χ2n) is 6.37. The van der Waals surface area contributed by atoms with Gasteiger partial charge in [-0.25, -0.2) is 0 Å². The smallest absolute Gasteiger partial charge is 0.255 e. The predicted molar refractivity (Wildman–Crippen MR) is 97.2 cm³/mol. The molecule has 1 saturated heterocycles. The number of nitrogens with zero attached hydrogens (tertiary/aromatic N) is 2. The molecule has 0 saturated carbocycles. The molecular weight excluding hydrogens is 324 g/mol. The van der Waals surface area contributed by atoms with Crippen molar-refractivity contribution in [2.45, 2.75) is 39.5 Å². The van der Waals surface area contributed by atoms with Gasteiger partial charge in [0.1, 0.15) is 0 Å². The number of hydrogen-bond donors (Lipinski definition) is 0. The monoisotopic (exact) mass is 350 g/mol. The molecule has 0 aromatic heterocycles. The fourth-order valence-electron chi connectivity index (χ4n) is 3.26. The first-order chi connectivity index (χ1) is 11.6. The van der Waals surface area contributed by atoms with Gasteiger partial charge in [0.15, 0.2) is 0 Å². The maximum Gasteiger partial charge on any atom is 0.255 e. The number of benzene rings is 1. The lowest BCUT2D eigenvalue weighted by Gasteiger charge is -2.34. The zero-order chi connectivity index (χ0) is 17.5. The normalized spacial score (nSPS) is 15.4. The third kappa shape index (κ3) is 4.50. The summed E-state index contributed by atoms with van der Waals surface area (Å²) in [4.78, 5) is 29.1. The minimum absolute atomic E-state index is 0.0366. The molecule has 1 aliphatic rings. The first-order valence-corrected chi connectivity index (χ1v) is 9.28. The van der Waals surface area contributed by atoms with Crippen molar-refractivity contribution >= 4 is 23.4 Å². The van der Waals surface area contributed by atoms with Crippen LogP contribution in [0.2, 0.25) is 5.02 Å². The third-order valence-electron chi connectivity index (χ3n) is 4.53. The maximum atomic E-state index is 12.7. The summed E-state index contributed by atoms with van der Waals surface area (Å²) in [5.41, 5.74) is 0.544. The van der Waals surface area contributed by atoms with E-state index in [4.69, 9.17) is 11.6 Å². The Hall–Kier alpha value is -1.55. The summed E-state index contributed by atoms with van der Waals surface area (Å²) in [6.45, 7) is 7.08. The summed E-state index contributed by atoms with van der Waals surface area (Å²) in [5, 5.41) is 0.484. The predicted octanol–water partition coefficient (Wildman–Crippen LogP) is 3.84. The van der Waals surface area contributed by atoms with Crippen molar-refractivity contribution in [3.05, 3.63) is 34.9 Å². The molecule has 0 bridgehead atoms. The van der Waals surface area contributed by atoms with Gasteiger partial charge in [0, 0.05) is 32.1 Å². The molecule has 24 heavy (non-hydrogen) atoms. The Bertz CT molecular complexity index is 562. The van der Waals surface area contributed by atoms with E-state index < -0.39 is 0 Å². The van der Waals surface area contributed by atoms with E-state index in [1.165, 1.54) is 0 Å². The molecular formula is C19H27ClN2O2. The Labute approximate surface area is 149 Å². The summed E-state index contributed by atoms with van der Waals surface area (Å²) in [6, 6.07) is 7.13. The molecule has 4 nitrogen and oxygen atoms in total. The van der Waals surface area contributed by atoms with Gasteiger partial charge in [-0.05, 0) is 37.8 Å². The Morgan fingerprint density at radius 3 is 2.25 bits per heavy atom. The molecule has 0 N–H and O–H groups in total. The fourth-order valence-corrected chi connectivity index (χ4v) is 3.48. The first-order valence-electron chi connectivity index (χ1n) is 8.91. The highest BCUT2D eigenvalue weighted by atomic mass is 35.5. The van der Waals surface area contributed by atoms with Crippen LogP contribution in [0.3, 0.4) is 0 Å². The van der Waals surface area contributed by atoms with E-state index in [0.29, 0.717) is 23.7 Å². The second kappa shape index (κ2) is 9.07. The number of rotatable bonds is 6. The number of piperidine rings is 1. The molecule has 0 spiro atoms. The molecule has 2 rings (SSSR count). The molecule has 0 aliphatic carbocycles. The highest BCUT2D eigenvalue weighted by Gasteiger charge is 2.30. The van der Waals surface area contributed by atoms with Crippen LogP contribution in [0.25, 0.3) is 0 Å². The van der Waals surface area contributed by atoms with E-state index in [2.05, 4.69) is 13.8 Å². The van der Waals surface area contributed by atoms with Crippen LogP contribution in [0.5, 0.6) is 0 Å². The lowest BCUT2D eigenvalue weighted by atomic mass is 9.94. The molecule has 0 atom stereocenters. The average molecular weight is 351 g/mol. The third-order valence-corrected chi connectivity index (χ3v) is 4.86. The number of carbonyl (C=O) groups is 2. The van der Waals surface area contributed by atoms with Crippen LogP contribution < -0.4 is 0 Å². The number of amides is 2. The lowest BCUT2D eigenvalue weighted by Crippen LogP contribution is -2.44. The van der Waals surface area contributed by atoms with E-state index in [1.807, 2.05) is 21.9 Å². The zero-order valence-corrected chi connectivity index (χ0v) is 15.4. The van der Waals surface area contributed by atoms with Crippen molar-refractivity contribution in [3.63, 3.8) is 0 Å². The van der Waals surface area contributed by atoms with Gasteiger partial charge in [0.2, 0.25) is 5.91 Å². The van der Waals surface area contributed by atoms with Gasteiger partial charge in [-0.2, -0.15) is 0 Å². The first kappa shape index (κ1) is 18.8. The zero-order valence-electron chi connectivity index (χ0n) is 14.6. The topological polar surface area (TPSA) is 40.6 Å². The van der Waals surface area contributed by atoms with E-state index in [-0.39, 0.29) is 17.7 Å². The molecule has 5 heteroatoms. The molecule has 1 aliphatic heterocycles. The second-order valence-corrected chi connectivity index (χ2v) is 6.78. The van der Waals surface area contributed by atoms with Crippen LogP contribution in [-0.4, -0.2) is 47.8 Å². The van der Waals surface area contributed by atoms with Gasteiger partial charge in [-0.1, -0.05) is 37.6 Å². The van der Waals surface area contributed by atoms with Crippen molar-refractivity contribution < 1.29 is 9.59 Å². The molecule has 0 unspecified atom stereocenters. The van der Waals surface area contributed by atoms with Crippen LogP contribution >= 0.6 is 11.6 Å². The molecule has 1 heterocycles. The van der Waals surface area contributed by atoms with E-state index >= 15 is 0 Å². The van der Waals surface area contributed by atoms with Gasteiger partial charge in [-0.15, -0.1) is 0 Å².